The molecule has 0 bridgehead atoms. The van der Waals surface area contributed by atoms with Crippen molar-refractivity contribution in [2.75, 3.05) is 5.32 Å². The number of halogens is 6. The number of carbonyl (C=O) groups excluding carboxylic acids is 2. The maximum atomic E-state index is 13.5. The van der Waals surface area contributed by atoms with Gasteiger partial charge < -0.3 is 11.1 Å². The average molecular weight is 452 g/mol. The largest absolute Gasteiger partial charge is 0.436 e. The molecule has 1 fully saturated rings. The fourth-order valence-corrected chi connectivity index (χ4v) is 3.57. The molecule has 7 nitrogen and oxygen atoms in total. The van der Waals surface area contributed by atoms with Crippen molar-refractivity contribution >= 4 is 29.1 Å². The molecule has 1 aliphatic carbocycles. The van der Waals surface area contributed by atoms with Crippen LogP contribution in [0.25, 0.3) is 0 Å². The van der Waals surface area contributed by atoms with Crippen molar-refractivity contribution in [3.05, 3.63) is 40.4 Å². The molecule has 2 heterocycles. The van der Waals surface area contributed by atoms with Crippen LogP contribution in [0.4, 0.5) is 27.6 Å². The number of rotatable bonds is 5. The summed E-state index contributed by atoms with van der Waals surface area (Å²) in [4.78, 5) is 27.6. The molecule has 0 saturated heterocycles. The van der Waals surface area contributed by atoms with E-state index in [1.165, 1.54) is 6.07 Å². The molecular weight excluding hydrogens is 437 g/mol. The van der Waals surface area contributed by atoms with E-state index in [2.05, 4.69) is 15.4 Å². The SMILES string of the molecule is NC(=O)c1cc(NC(=O)c2c(Cl)c(C(F)(F)F)nn2C[C@@H]2CCC(F)(F)C2)ccn1. The summed E-state index contributed by atoms with van der Waals surface area (Å²) >= 11 is 5.80. The number of aromatic nitrogens is 3. The molecule has 3 rings (SSSR count). The molecule has 1 atom stereocenters. The monoisotopic (exact) mass is 451 g/mol. The third-order valence-electron chi connectivity index (χ3n) is 4.59. The van der Waals surface area contributed by atoms with Crippen LogP contribution in [0.1, 0.15) is 45.9 Å². The lowest BCUT2D eigenvalue weighted by Crippen LogP contribution is -2.22. The van der Waals surface area contributed by atoms with Gasteiger partial charge in [0, 0.05) is 31.3 Å². The minimum Gasteiger partial charge on any atom is -0.364 e. The summed E-state index contributed by atoms with van der Waals surface area (Å²) in [5, 5.41) is 4.71. The number of primary amides is 1. The Hall–Kier alpha value is -2.76. The highest BCUT2D eigenvalue weighted by atomic mass is 35.5. The van der Waals surface area contributed by atoms with Gasteiger partial charge in [-0.1, -0.05) is 11.6 Å². The predicted molar refractivity (Wildman–Crippen MR) is 95.2 cm³/mol. The van der Waals surface area contributed by atoms with Crippen LogP contribution >= 0.6 is 11.6 Å². The number of nitrogens with zero attached hydrogens (tertiary/aromatic N) is 3. The summed E-state index contributed by atoms with van der Waals surface area (Å²) in [5.74, 6) is -5.53. The highest BCUT2D eigenvalue weighted by Crippen LogP contribution is 2.41. The van der Waals surface area contributed by atoms with E-state index in [0.717, 1.165) is 12.3 Å². The highest BCUT2D eigenvalue weighted by molar-refractivity contribution is 6.34. The number of nitrogens with two attached hydrogens (primary N) is 1. The van der Waals surface area contributed by atoms with Gasteiger partial charge in [-0.25, -0.2) is 8.78 Å². The Bertz CT molecular complexity index is 991. The van der Waals surface area contributed by atoms with Crippen LogP contribution in [-0.2, 0) is 12.7 Å². The third-order valence-corrected chi connectivity index (χ3v) is 4.94. The van der Waals surface area contributed by atoms with Crippen molar-refractivity contribution in [1.29, 1.82) is 0 Å². The normalized spacial score (nSPS) is 18.4. The first kappa shape index (κ1) is 21.9. The Morgan fingerprint density at radius 2 is 2.07 bits per heavy atom. The third kappa shape index (κ3) is 4.69. The van der Waals surface area contributed by atoms with E-state index in [-0.39, 0.29) is 24.3 Å². The van der Waals surface area contributed by atoms with Gasteiger partial charge in [-0.3, -0.25) is 19.3 Å². The topological polar surface area (TPSA) is 103 Å². The number of amides is 2. The average Bonchev–Trinajstić information content (AvgIpc) is 3.14. The van der Waals surface area contributed by atoms with Crippen molar-refractivity contribution in [3.63, 3.8) is 0 Å². The predicted octanol–water partition coefficient (Wildman–Crippen LogP) is 3.74. The molecule has 1 saturated carbocycles. The zero-order valence-corrected chi connectivity index (χ0v) is 15.9. The number of alkyl halides is 5. The van der Waals surface area contributed by atoms with E-state index in [1.807, 2.05) is 0 Å². The van der Waals surface area contributed by atoms with Crippen molar-refractivity contribution in [1.82, 2.24) is 14.8 Å². The molecular formula is C17H15ClF5N5O2. The van der Waals surface area contributed by atoms with Gasteiger partial charge in [0.25, 0.3) is 11.8 Å². The Morgan fingerprint density at radius 3 is 2.63 bits per heavy atom. The number of carbonyl (C=O) groups is 2. The van der Waals surface area contributed by atoms with E-state index in [1.54, 1.807) is 0 Å². The van der Waals surface area contributed by atoms with E-state index < -0.39 is 59.1 Å². The van der Waals surface area contributed by atoms with Gasteiger partial charge in [-0.05, 0) is 24.5 Å². The van der Waals surface area contributed by atoms with Crippen molar-refractivity contribution in [2.24, 2.45) is 11.7 Å². The second-order valence-corrected chi connectivity index (χ2v) is 7.28. The number of pyridine rings is 1. The maximum Gasteiger partial charge on any atom is 0.436 e. The van der Waals surface area contributed by atoms with Gasteiger partial charge in [0.1, 0.15) is 16.4 Å². The molecule has 0 aromatic carbocycles. The van der Waals surface area contributed by atoms with Gasteiger partial charge in [0.15, 0.2) is 5.69 Å². The van der Waals surface area contributed by atoms with E-state index >= 15 is 0 Å². The molecule has 30 heavy (non-hydrogen) atoms. The van der Waals surface area contributed by atoms with Crippen LogP contribution in [0.5, 0.6) is 0 Å². The Kier molecular flexibility index (Phi) is 5.72. The lowest BCUT2D eigenvalue weighted by Gasteiger charge is -2.13. The van der Waals surface area contributed by atoms with Crippen LogP contribution in [0.15, 0.2) is 18.3 Å². The molecule has 0 radical (unpaired) electrons. The number of hydrogen-bond donors (Lipinski definition) is 2. The molecule has 2 aromatic rings. The number of hydrogen-bond acceptors (Lipinski definition) is 4. The van der Waals surface area contributed by atoms with E-state index in [0.29, 0.717) is 4.68 Å². The van der Waals surface area contributed by atoms with Gasteiger partial charge in [0.2, 0.25) is 5.92 Å². The van der Waals surface area contributed by atoms with Crippen molar-refractivity contribution in [2.45, 2.75) is 37.9 Å². The molecule has 1 aliphatic rings. The molecule has 2 aromatic heterocycles. The standard InChI is InChI=1S/C17H15ClF5N5O2/c18-11-12(15(30)26-9-2-4-25-10(5-9)14(24)29)28(27-13(11)17(21,22)23)7-8-1-3-16(19,20)6-8/h2,4-5,8H,1,3,6-7H2,(H2,24,29)(H,25,26,30)/t8-/m1/s1. The lowest BCUT2D eigenvalue weighted by molar-refractivity contribution is -0.141. The van der Waals surface area contributed by atoms with Gasteiger partial charge >= 0.3 is 6.18 Å². The minimum atomic E-state index is -4.95. The lowest BCUT2D eigenvalue weighted by atomic mass is 10.1. The molecule has 0 unspecified atom stereocenters. The quantitative estimate of drug-likeness (QED) is 0.676. The molecule has 162 valence electrons. The number of nitrogens with one attached hydrogen (secondary N) is 1. The van der Waals surface area contributed by atoms with Crippen molar-refractivity contribution < 1.29 is 31.5 Å². The fourth-order valence-electron chi connectivity index (χ4n) is 3.25. The molecule has 0 aliphatic heterocycles. The Morgan fingerprint density at radius 1 is 1.37 bits per heavy atom. The van der Waals surface area contributed by atoms with Gasteiger partial charge in [-0.2, -0.15) is 18.3 Å². The van der Waals surface area contributed by atoms with Gasteiger partial charge in [-0.15, -0.1) is 0 Å². The van der Waals surface area contributed by atoms with Crippen molar-refractivity contribution in [3.8, 4) is 0 Å². The van der Waals surface area contributed by atoms with Crippen LogP contribution in [0, 0.1) is 5.92 Å². The smallest absolute Gasteiger partial charge is 0.364 e. The zero-order chi connectivity index (χ0) is 22.3. The first-order chi connectivity index (χ1) is 13.9. The Labute approximate surface area is 171 Å². The summed E-state index contributed by atoms with van der Waals surface area (Å²) < 4.78 is 67.3. The summed E-state index contributed by atoms with van der Waals surface area (Å²) in [7, 11) is 0. The summed E-state index contributed by atoms with van der Waals surface area (Å²) in [5.41, 5.74) is 2.82. The molecule has 2 amide bonds. The van der Waals surface area contributed by atoms with E-state index in [9.17, 15) is 31.5 Å². The number of anilines is 1. The van der Waals surface area contributed by atoms with E-state index in [4.69, 9.17) is 17.3 Å². The second kappa shape index (κ2) is 7.82. The van der Waals surface area contributed by atoms with Crippen LogP contribution in [-0.4, -0.2) is 32.5 Å². The molecule has 0 spiro atoms. The second-order valence-electron chi connectivity index (χ2n) is 6.90. The van der Waals surface area contributed by atoms with Crippen LogP contribution < -0.4 is 11.1 Å². The first-order valence-electron chi connectivity index (χ1n) is 8.66. The fraction of sp³-hybridized carbons (Fsp3) is 0.412. The summed E-state index contributed by atoms with van der Waals surface area (Å²) in [6.07, 6.45) is -4.64. The first-order valence-corrected chi connectivity index (χ1v) is 9.04. The highest BCUT2D eigenvalue weighted by Gasteiger charge is 2.43. The molecule has 13 heteroatoms. The zero-order valence-electron chi connectivity index (χ0n) is 15.1. The van der Waals surface area contributed by atoms with Crippen LogP contribution in [0.3, 0.4) is 0 Å². The Balaban J connectivity index is 1.93. The summed E-state index contributed by atoms with van der Waals surface area (Å²) in [6, 6.07) is 2.40. The maximum absolute atomic E-state index is 13.5. The minimum absolute atomic E-state index is 0.0218. The molecule has 3 N–H and O–H groups in total. The summed E-state index contributed by atoms with van der Waals surface area (Å²) in [6.45, 7) is -0.336. The van der Waals surface area contributed by atoms with Crippen LogP contribution in [0.2, 0.25) is 5.02 Å². The van der Waals surface area contributed by atoms with Gasteiger partial charge in [0.05, 0.1) is 0 Å².